The third kappa shape index (κ3) is 5.66. The number of aromatic hydroxyl groups is 1. The number of piperidine rings is 1. The van der Waals surface area contributed by atoms with Gasteiger partial charge in [-0.3, -0.25) is 4.90 Å². The van der Waals surface area contributed by atoms with Crippen LogP contribution in [-0.2, 0) is 4.74 Å². The Labute approximate surface area is 219 Å². The number of nitrogens with zero attached hydrogens (tertiary/aromatic N) is 4. The zero-order valence-electron chi connectivity index (χ0n) is 22.3. The van der Waals surface area contributed by atoms with Gasteiger partial charge in [-0.1, -0.05) is 13.0 Å². The summed E-state index contributed by atoms with van der Waals surface area (Å²) in [4.78, 5) is 4.73. The Morgan fingerprint density at radius 2 is 1.84 bits per heavy atom. The molecule has 2 aliphatic heterocycles. The topological polar surface area (TPSA) is 80.2 Å². The molecule has 3 heterocycles. The highest BCUT2D eigenvalue weighted by Gasteiger charge is 2.40. The highest BCUT2D eigenvalue weighted by atomic mass is 16.5. The summed E-state index contributed by atoms with van der Waals surface area (Å²) >= 11 is 0. The maximum atomic E-state index is 10.8. The monoisotopic (exact) mass is 506 g/mol. The van der Waals surface area contributed by atoms with E-state index in [4.69, 9.17) is 14.2 Å². The van der Waals surface area contributed by atoms with E-state index in [9.17, 15) is 5.11 Å². The van der Waals surface area contributed by atoms with Crippen molar-refractivity contribution in [1.82, 2.24) is 20.0 Å². The molecular formula is C29H38N4O4. The van der Waals surface area contributed by atoms with E-state index in [1.165, 1.54) is 0 Å². The zero-order chi connectivity index (χ0) is 26.0. The minimum atomic E-state index is 0.0564. The number of benzene rings is 2. The maximum Gasteiger partial charge on any atom is 0.233 e. The number of fused-ring (bicyclic) bond motifs is 1. The largest absolute Gasteiger partial charge is 0.507 e. The van der Waals surface area contributed by atoms with Crippen LogP contribution in [0.5, 0.6) is 17.4 Å². The van der Waals surface area contributed by atoms with Gasteiger partial charge in [0.25, 0.3) is 0 Å². The van der Waals surface area contributed by atoms with Gasteiger partial charge in [0.15, 0.2) is 0 Å². The van der Waals surface area contributed by atoms with Crippen molar-refractivity contribution >= 4 is 10.8 Å². The van der Waals surface area contributed by atoms with E-state index in [1.54, 1.807) is 6.07 Å². The molecule has 2 saturated heterocycles. The molecule has 5 rings (SSSR count). The Hall–Kier alpha value is -2.94. The number of hydrogen-bond acceptors (Lipinski definition) is 8. The van der Waals surface area contributed by atoms with Crippen LogP contribution in [0.15, 0.2) is 42.5 Å². The van der Waals surface area contributed by atoms with Gasteiger partial charge in [0.2, 0.25) is 5.88 Å². The molecule has 0 radical (unpaired) electrons. The maximum absolute atomic E-state index is 10.8. The van der Waals surface area contributed by atoms with Crippen LogP contribution in [0.25, 0.3) is 22.0 Å². The first-order valence-electron chi connectivity index (χ1n) is 13.2. The second kappa shape index (κ2) is 10.8. The van der Waals surface area contributed by atoms with Gasteiger partial charge in [0.1, 0.15) is 24.2 Å². The molecular weight excluding hydrogens is 468 g/mol. The summed E-state index contributed by atoms with van der Waals surface area (Å²) in [6.45, 7) is 12.7. The number of likely N-dealkylation sites (tertiary alicyclic amines) is 1. The summed E-state index contributed by atoms with van der Waals surface area (Å²) in [6.07, 6.45) is 1.04. The smallest absolute Gasteiger partial charge is 0.233 e. The highest BCUT2D eigenvalue weighted by molar-refractivity contribution is 5.90. The van der Waals surface area contributed by atoms with E-state index in [2.05, 4.69) is 47.8 Å². The molecule has 2 aliphatic rings. The molecule has 8 nitrogen and oxygen atoms in total. The molecule has 3 aromatic rings. The quantitative estimate of drug-likeness (QED) is 0.511. The minimum Gasteiger partial charge on any atom is -0.507 e. The molecule has 37 heavy (non-hydrogen) atoms. The van der Waals surface area contributed by atoms with Crippen LogP contribution >= 0.6 is 0 Å². The SMILES string of the molecule is CC1C(Oc2ccc(-c3cc4ccc(OCCN5CCOCC5)cc4cc3O)nn2)CCN(C)C1(C)C. The van der Waals surface area contributed by atoms with Crippen LogP contribution in [0.2, 0.25) is 0 Å². The van der Waals surface area contributed by atoms with Crippen LogP contribution in [0.4, 0.5) is 0 Å². The van der Waals surface area contributed by atoms with Crippen LogP contribution in [0.3, 0.4) is 0 Å². The van der Waals surface area contributed by atoms with E-state index in [0.29, 0.717) is 29.7 Å². The number of ether oxygens (including phenoxy) is 3. The summed E-state index contributed by atoms with van der Waals surface area (Å²) in [6, 6.07) is 13.3. The van der Waals surface area contributed by atoms with Crippen LogP contribution in [-0.4, -0.2) is 89.8 Å². The van der Waals surface area contributed by atoms with Crippen molar-refractivity contribution in [2.75, 3.05) is 53.0 Å². The normalized spacial score (nSPS) is 22.7. The average molecular weight is 507 g/mol. The fourth-order valence-electron chi connectivity index (χ4n) is 5.18. The lowest BCUT2D eigenvalue weighted by molar-refractivity contribution is -0.0301. The Kier molecular flexibility index (Phi) is 7.51. The number of aromatic nitrogens is 2. The lowest BCUT2D eigenvalue weighted by Crippen LogP contribution is -2.56. The third-order valence-electron chi connectivity index (χ3n) is 8.30. The molecule has 1 aromatic heterocycles. The Bertz CT molecular complexity index is 1210. The Balaban J connectivity index is 1.25. The van der Waals surface area contributed by atoms with E-state index in [0.717, 1.165) is 62.3 Å². The second-order valence-corrected chi connectivity index (χ2v) is 10.7. The molecule has 0 spiro atoms. The molecule has 198 valence electrons. The fraction of sp³-hybridized carbons (Fsp3) is 0.517. The van der Waals surface area contributed by atoms with Gasteiger partial charge in [0.05, 0.1) is 18.9 Å². The minimum absolute atomic E-state index is 0.0564. The average Bonchev–Trinajstić information content (AvgIpc) is 2.90. The molecule has 2 fully saturated rings. The number of rotatable bonds is 7. The zero-order valence-corrected chi connectivity index (χ0v) is 22.3. The van der Waals surface area contributed by atoms with Gasteiger partial charge in [0, 0.05) is 49.3 Å². The van der Waals surface area contributed by atoms with Crippen LogP contribution in [0.1, 0.15) is 27.2 Å². The number of hydrogen-bond donors (Lipinski definition) is 1. The third-order valence-corrected chi connectivity index (χ3v) is 8.30. The molecule has 2 aromatic carbocycles. The van der Waals surface area contributed by atoms with Crippen molar-refractivity contribution in [2.45, 2.75) is 38.8 Å². The first kappa shape index (κ1) is 25.7. The lowest BCUT2D eigenvalue weighted by Gasteiger charge is -2.48. The molecule has 2 unspecified atom stereocenters. The molecule has 0 saturated carbocycles. The van der Waals surface area contributed by atoms with Crippen LogP contribution < -0.4 is 9.47 Å². The lowest BCUT2D eigenvalue weighted by atomic mass is 9.79. The molecule has 1 N–H and O–H groups in total. The van der Waals surface area contributed by atoms with E-state index in [1.807, 2.05) is 36.4 Å². The number of morpholine rings is 1. The van der Waals surface area contributed by atoms with Crippen LogP contribution in [0, 0.1) is 5.92 Å². The highest BCUT2D eigenvalue weighted by Crippen LogP contribution is 2.36. The summed E-state index contributed by atoms with van der Waals surface area (Å²) in [5.41, 5.74) is 1.30. The predicted octanol–water partition coefficient (Wildman–Crippen LogP) is 4.21. The van der Waals surface area contributed by atoms with Crippen molar-refractivity contribution < 1.29 is 19.3 Å². The summed E-state index contributed by atoms with van der Waals surface area (Å²) in [5, 5.41) is 21.4. The summed E-state index contributed by atoms with van der Waals surface area (Å²) in [5.74, 6) is 1.82. The van der Waals surface area contributed by atoms with Gasteiger partial charge in [-0.2, -0.15) is 0 Å². The Morgan fingerprint density at radius 1 is 1.03 bits per heavy atom. The molecule has 0 bridgehead atoms. The second-order valence-electron chi connectivity index (χ2n) is 10.7. The van der Waals surface area contributed by atoms with Gasteiger partial charge in [-0.15, -0.1) is 10.2 Å². The Morgan fingerprint density at radius 3 is 2.59 bits per heavy atom. The van der Waals surface area contributed by atoms with E-state index >= 15 is 0 Å². The summed E-state index contributed by atoms with van der Waals surface area (Å²) < 4.78 is 17.6. The standard InChI is InChI=1S/C29H38N4O4/c1-20-27(9-10-32(4)29(20,2)3)37-28-8-7-25(30-31-28)24-18-21-5-6-23(17-22(21)19-26(24)34)36-16-13-33-11-14-35-15-12-33/h5-8,17-20,27,34H,9-16H2,1-4H3. The van der Waals surface area contributed by atoms with Crippen molar-refractivity contribution in [2.24, 2.45) is 5.92 Å². The first-order chi connectivity index (χ1) is 17.8. The fourth-order valence-corrected chi connectivity index (χ4v) is 5.18. The van der Waals surface area contributed by atoms with Crippen molar-refractivity contribution in [1.29, 1.82) is 0 Å². The number of phenolic OH excluding ortho intramolecular Hbond substituents is 1. The van der Waals surface area contributed by atoms with E-state index < -0.39 is 0 Å². The first-order valence-corrected chi connectivity index (χ1v) is 13.2. The summed E-state index contributed by atoms with van der Waals surface area (Å²) in [7, 11) is 2.16. The van der Waals surface area contributed by atoms with Gasteiger partial charge in [-0.25, -0.2) is 0 Å². The molecule has 0 amide bonds. The van der Waals surface area contributed by atoms with E-state index in [-0.39, 0.29) is 17.4 Å². The van der Waals surface area contributed by atoms with Gasteiger partial charge in [-0.05, 0) is 68.4 Å². The van der Waals surface area contributed by atoms with Crippen molar-refractivity contribution in [3.8, 4) is 28.6 Å². The van der Waals surface area contributed by atoms with Gasteiger partial charge >= 0.3 is 0 Å². The van der Waals surface area contributed by atoms with Crippen molar-refractivity contribution in [3.05, 3.63) is 42.5 Å². The van der Waals surface area contributed by atoms with Crippen molar-refractivity contribution in [3.63, 3.8) is 0 Å². The molecule has 8 heteroatoms. The molecule has 0 aliphatic carbocycles. The molecule has 2 atom stereocenters. The predicted molar refractivity (Wildman–Crippen MR) is 144 cm³/mol. The van der Waals surface area contributed by atoms with Gasteiger partial charge < -0.3 is 24.2 Å². The number of phenols is 1.